The number of amides is 1. The van der Waals surface area contributed by atoms with E-state index < -0.39 is 0 Å². The summed E-state index contributed by atoms with van der Waals surface area (Å²) < 4.78 is 0. The van der Waals surface area contributed by atoms with Crippen molar-refractivity contribution in [2.45, 2.75) is 51.5 Å². The van der Waals surface area contributed by atoms with Crippen molar-refractivity contribution in [1.29, 1.82) is 0 Å². The van der Waals surface area contributed by atoms with Gasteiger partial charge in [-0.25, -0.2) is 0 Å². The van der Waals surface area contributed by atoms with Crippen LogP contribution in [-0.2, 0) is 4.79 Å². The number of hydrogen-bond acceptors (Lipinski definition) is 2. The molecule has 3 nitrogen and oxygen atoms in total. The first-order valence-electron chi connectivity index (χ1n) is 7.75. The SMILES string of the molecule is CCC1CCN(C(=O)C2C3CCC(C3)C2N)CC1.Cl. The van der Waals surface area contributed by atoms with Crippen LogP contribution in [0.2, 0.25) is 0 Å². The minimum atomic E-state index is 0. The Labute approximate surface area is 122 Å². The molecule has 0 aromatic heterocycles. The predicted octanol–water partition coefficient (Wildman–Crippen LogP) is 2.43. The molecule has 2 saturated carbocycles. The van der Waals surface area contributed by atoms with E-state index in [1.807, 2.05) is 0 Å². The number of likely N-dealkylation sites (tertiary alicyclic amines) is 1. The van der Waals surface area contributed by atoms with Gasteiger partial charge >= 0.3 is 0 Å². The minimum Gasteiger partial charge on any atom is -0.342 e. The second-order valence-corrected chi connectivity index (χ2v) is 6.61. The molecule has 4 atom stereocenters. The van der Waals surface area contributed by atoms with E-state index >= 15 is 0 Å². The van der Waals surface area contributed by atoms with Gasteiger partial charge in [0.25, 0.3) is 0 Å². The number of rotatable bonds is 2. The Hall–Kier alpha value is -0.280. The summed E-state index contributed by atoms with van der Waals surface area (Å²) in [6, 6.07) is 0.153. The van der Waals surface area contributed by atoms with Gasteiger partial charge in [0.05, 0.1) is 5.92 Å². The molecule has 0 radical (unpaired) electrons. The quantitative estimate of drug-likeness (QED) is 0.847. The van der Waals surface area contributed by atoms with E-state index in [9.17, 15) is 4.79 Å². The first-order chi connectivity index (χ1) is 8.70. The van der Waals surface area contributed by atoms with Gasteiger partial charge in [0.1, 0.15) is 0 Å². The molecule has 3 aliphatic rings. The fraction of sp³-hybridized carbons (Fsp3) is 0.933. The van der Waals surface area contributed by atoms with Crippen molar-refractivity contribution in [3.05, 3.63) is 0 Å². The number of nitrogens with zero attached hydrogens (tertiary/aromatic N) is 1. The van der Waals surface area contributed by atoms with Crippen molar-refractivity contribution < 1.29 is 4.79 Å². The molecule has 1 heterocycles. The molecule has 1 amide bonds. The van der Waals surface area contributed by atoms with E-state index in [2.05, 4.69) is 11.8 Å². The summed E-state index contributed by atoms with van der Waals surface area (Å²) in [6.07, 6.45) is 7.35. The number of piperidine rings is 1. The van der Waals surface area contributed by atoms with E-state index in [1.54, 1.807) is 0 Å². The molecule has 2 bridgehead atoms. The Morgan fingerprint density at radius 1 is 1.16 bits per heavy atom. The summed E-state index contributed by atoms with van der Waals surface area (Å²) in [6.45, 7) is 4.20. The molecule has 2 N–H and O–H groups in total. The smallest absolute Gasteiger partial charge is 0.227 e. The van der Waals surface area contributed by atoms with Gasteiger partial charge in [0.15, 0.2) is 0 Å². The van der Waals surface area contributed by atoms with Crippen LogP contribution in [-0.4, -0.2) is 29.9 Å². The van der Waals surface area contributed by atoms with Crippen LogP contribution in [0.5, 0.6) is 0 Å². The first-order valence-corrected chi connectivity index (χ1v) is 7.75. The zero-order valence-electron chi connectivity index (χ0n) is 11.9. The molecule has 4 heteroatoms. The molecule has 0 aromatic rings. The summed E-state index contributed by atoms with van der Waals surface area (Å²) in [4.78, 5) is 14.8. The van der Waals surface area contributed by atoms with Gasteiger partial charge in [-0.05, 0) is 49.9 Å². The third-order valence-corrected chi connectivity index (χ3v) is 5.77. The molecule has 19 heavy (non-hydrogen) atoms. The Kier molecular flexibility index (Phi) is 4.78. The molecule has 4 unspecified atom stereocenters. The molecule has 3 fully saturated rings. The highest BCUT2D eigenvalue weighted by molar-refractivity contribution is 5.85. The lowest BCUT2D eigenvalue weighted by molar-refractivity contribution is -0.139. The maximum Gasteiger partial charge on any atom is 0.227 e. The zero-order valence-corrected chi connectivity index (χ0v) is 12.7. The van der Waals surface area contributed by atoms with Crippen molar-refractivity contribution >= 4 is 18.3 Å². The highest BCUT2D eigenvalue weighted by atomic mass is 35.5. The summed E-state index contributed by atoms with van der Waals surface area (Å²) in [7, 11) is 0. The third kappa shape index (κ3) is 2.64. The van der Waals surface area contributed by atoms with Crippen molar-refractivity contribution in [1.82, 2.24) is 4.90 Å². The highest BCUT2D eigenvalue weighted by Gasteiger charge is 2.50. The van der Waals surface area contributed by atoms with Crippen LogP contribution in [0.4, 0.5) is 0 Å². The van der Waals surface area contributed by atoms with Crippen LogP contribution in [0.15, 0.2) is 0 Å². The molecule has 1 aliphatic heterocycles. The molecular formula is C15H27ClN2O. The van der Waals surface area contributed by atoms with Crippen molar-refractivity contribution in [3.63, 3.8) is 0 Å². The molecule has 3 rings (SSSR count). The normalized spacial score (nSPS) is 38.3. The summed E-state index contributed by atoms with van der Waals surface area (Å²) in [5.74, 6) is 2.60. The van der Waals surface area contributed by atoms with Gasteiger partial charge in [-0.3, -0.25) is 4.79 Å². The minimum absolute atomic E-state index is 0. The van der Waals surface area contributed by atoms with Crippen LogP contribution in [0.25, 0.3) is 0 Å². The van der Waals surface area contributed by atoms with Crippen molar-refractivity contribution in [2.24, 2.45) is 29.4 Å². The second kappa shape index (κ2) is 6.01. The fourth-order valence-electron chi connectivity index (χ4n) is 4.47. The number of carbonyl (C=O) groups excluding carboxylic acids is 1. The maximum absolute atomic E-state index is 12.6. The zero-order chi connectivity index (χ0) is 12.7. The van der Waals surface area contributed by atoms with Crippen LogP contribution >= 0.6 is 12.4 Å². The summed E-state index contributed by atoms with van der Waals surface area (Å²) in [5, 5.41) is 0. The average Bonchev–Trinajstić information content (AvgIpc) is 2.99. The van der Waals surface area contributed by atoms with Gasteiger partial charge in [0.2, 0.25) is 5.91 Å². The van der Waals surface area contributed by atoms with E-state index in [-0.39, 0.29) is 24.4 Å². The Morgan fingerprint density at radius 2 is 1.79 bits per heavy atom. The molecular weight excluding hydrogens is 260 g/mol. The van der Waals surface area contributed by atoms with Crippen LogP contribution in [0.3, 0.4) is 0 Å². The lowest BCUT2D eigenvalue weighted by Crippen LogP contribution is -2.49. The number of halogens is 1. The van der Waals surface area contributed by atoms with Gasteiger partial charge in [-0.2, -0.15) is 0 Å². The Balaban J connectivity index is 0.00000133. The molecule has 2 aliphatic carbocycles. The number of carbonyl (C=O) groups is 1. The second-order valence-electron chi connectivity index (χ2n) is 6.61. The highest BCUT2D eigenvalue weighted by Crippen LogP contribution is 2.48. The molecule has 0 spiro atoms. The van der Waals surface area contributed by atoms with E-state index in [1.165, 1.54) is 38.5 Å². The Bertz CT molecular complexity index is 326. The largest absolute Gasteiger partial charge is 0.342 e. The number of fused-ring (bicyclic) bond motifs is 2. The van der Waals surface area contributed by atoms with Crippen molar-refractivity contribution in [2.75, 3.05) is 13.1 Å². The maximum atomic E-state index is 12.6. The number of hydrogen-bond donors (Lipinski definition) is 1. The third-order valence-electron chi connectivity index (χ3n) is 5.77. The topological polar surface area (TPSA) is 46.3 Å². The van der Waals surface area contributed by atoms with E-state index in [0.717, 1.165) is 19.0 Å². The summed E-state index contributed by atoms with van der Waals surface area (Å²) >= 11 is 0. The van der Waals surface area contributed by atoms with E-state index in [4.69, 9.17) is 5.73 Å². The van der Waals surface area contributed by atoms with Crippen LogP contribution < -0.4 is 5.73 Å². The Morgan fingerprint density at radius 3 is 2.32 bits per heavy atom. The van der Waals surface area contributed by atoms with Gasteiger partial charge in [-0.15, -0.1) is 12.4 Å². The fourth-order valence-corrected chi connectivity index (χ4v) is 4.47. The van der Waals surface area contributed by atoms with Crippen molar-refractivity contribution in [3.8, 4) is 0 Å². The van der Waals surface area contributed by atoms with Gasteiger partial charge in [-0.1, -0.05) is 13.3 Å². The van der Waals surface area contributed by atoms with Gasteiger partial charge < -0.3 is 10.6 Å². The lowest BCUT2D eigenvalue weighted by Gasteiger charge is -2.36. The predicted molar refractivity (Wildman–Crippen MR) is 79.1 cm³/mol. The average molecular weight is 287 g/mol. The van der Waals surface area contributed by atoms with Crippen LogP contribution in [0, 0.1) is 23.7 Å². The molecule has 110 valence electrons. The summed E-state index contributed by atoms with van der Waals surface area (Å²) in [5.41, 5.74) is 6.28. The van der Waals surface area contributed by atoms with Crippen LogP contribution in [0.1, 0.15) is 45.4 Å². The number of nitrogens with two attached hydrogens (primary N) is 1. The molecule has 0 aromatic carbocycles. The van der Waals surface area contributed by atoms with Gasteiger partial charge in [0, 0.05) is 19.1 Å². The first kappa shape index (κ1) is 15.1. The monoisotopic (exact) mass is 286 g/mol. The van der Waals surface area contributed by atoms with E-state index in [0.29, 0.717) is 17.7 Å². The molecule has 1 saturated heterocycles. The lowest BCUT2D eigenvalue weighted by atomic mass is 9.83. The standard InChI is InChI=1S/C15H26N2O.ClH/c1-2-10-5-7-17(8-6-10)15(18)13-11-3-4-12(9-11)14(13)16;/h10-14H,2-9,16H2,1H3;1H.